The summed E-state index contributed by atoms with van der Waals surface area (Å²) in [6.07, 6.45) is 0. The summed E-state index contributed by atoms with van der Waals surface area (Å²) in [7, 11) is 0. The van der Waals surface area contributed by atoms with Crippen LogP contribution in [0.4, 0.5) is 5.69 Å². The summed E-state index contributed by atoms with van der Waals surface area (Å²) in [6, 6.07) is 25.1. The first-order chi connectivity index (χ1) is 12.2. The number of hydrogen-bond donors (Lipinski definition) is 1. The largest absolute Gasteiger partial charge is 0.321 e. The minimum atomic E-state index is -0.148. The molecule has 122 valence electrons. The molecule has 1 heterocycles. The van der Waals surface area contributed by atoms with Crippen molar-refractivity contribution in [3.8, 4) is 10.4 Å². The van der Waals surface area contributed by atoms with Gasteiger partial charge in [0.1, 0.15) is 0 Å². The third-order valence-corrected chi connectivity index (χ3v) is 5.34. The Labute approximate surface area is 154 Å². The molecule has 0 bridgehead atoms. The molecule has 0 saturated heterocycles. The minimum Gasteiger partial charge on any atom is -0.321 e. The van der Waals surface area contributed by atoms with Gasteiger partial charge >= 0.3 is 0 Å². The highest BCUT2D eigenvalue weighted by molar-refractivity contribution is 7.22. The van der Waals surface area contributed by atoms with Crippen molar-refractivity contribution < 1.29 is 4.79 Å². The van der Waals surface area contributed by atoms with Crippen LogP contribution in [-0.4, -0.2) is 5.91 Å². The van der Waals surface area contributed by atoms with Crippen LogP contribution in [0.2, 0.25) is 5.02 Å². The van der Waals surface area contributed by atoms with E-state index < -0.39 is 0 Å². The van der Waals surface area contributed by atoms with Crippen LogP contribution in [0.25, 0.3) is 20.5 Å². The molecule has 0 atom stereocenters. The van der Waals surface area contributed by atoms with E-state index in [4.69, 9.17) is 11.6 Å². The highest BCUT2D eigenvalue weighted by Crippen LogP contribution is 2.38. The summed E-state index contributed by atoms with van der Waals surface area (Å²) in [5.74, 6) is -0.148. The fourth-order valence-electron chi connectivity index (χ4n) is 2.73. The van der Waals surface area contributed by atoms with Gasteiger partial charge in [-0.3, -0.25) is 4.79 Å². The molecule has 1 aromatic heterocycles. The number of amides is 1. The van der Waals surface area contributed by atoms with Crippen LogP contribution in [0.5, 0.6) is 0 Å². The van der Waals surface area contributed by atoms with E-state index in [9.17, 15) is 4.79 Å². The van der Waals surface area contributed by atoms with Crippen molar-refractivity contribution in [2.75, 3.05) is 5.32 Å². The Hall–Kier alpha value is -2.62. The Bertz CT molecular complexity index is 1020. The second kappa shape index (κ2) is 6.71. The topological polar surface area (TPSA) is 29.1 Å². The van der Waals surface area contributed by atoms with Gasteiger partial charge in [0, 0.05) is 25.7 Å². The molecule has 1 amide bonds. The van der Waals surface area contributed by atoms with Crippen LogP contribution >= 0.6 is 22.9 Å². The van der Waals surface area contributed by atoms with Crippen molar-refractivity contribution >= 4 is 44.6 Å². The normalized spacial score (nSPS) is 10.8. The third kappa shape index (κ3) is 3.29. The monoisotopic (exact) mass is 363 g/mol. The van der Waals surface area contributed by atoms with Crippen molar-refractivity contribution in [3.05, 3.63) is 89.4 Å². The smallest absolute Gasteiger partial charge is 0.255 e. The summed E-state index contributed by atoms with van der Waals surface area (Å²) < 4.78 is 1.22. The zero-order valence-corrected chi connectivity index (χ0v) is 14.8. The van der Waals surface area contributed by atoms with E-state index in [1.165, 1.54) is 10.1 Å². The van der Waals surface area contributed by atoms with E-state index in [1.54, 1.807) is 29.5 Å². The molecule has 1 N–H and O–H groups in total. The molecule has 0 fully saturated rings. The number of anilines is 1. The fourth-order valence-corrected chi connectivity index (χ4v) is 4.01. The lowest BCUT2D eigenvalue weighted by molar-refractivity contribution is 0.102. The number of carbonyl (C=O) groups is 1. The molecule has 4 heteroatoms. The lowest BCUT2D eigenvalue weighted by Crippen LogP contribution is -2.12. The van der Waals surface area contributed by atoms with E-state index in [2.05, 4.69) is 23.5 Å². The number of carbonyl (C=O) groups excluding carboxylic acids is 1. The minimum absolute atomic E-state index is 0.148. The SMILES string of the molecule is O=C(Nc1cc(Cl)ccc1-c1cc2ccccc2s1)c1ccccc1. The zero-order valence-electron chi connectivity index (χ0n) is 13.2. The van der Waals surface area contributed by atoms with Gasteiger partial charge in [-0.25, -0.2) is 0 Å². The van der Waals surface area contributed by atoms with Gasteiger partial charge in [0.25, 0.3) is 5.91 Å². The lowest BCUT2D eigenvalue weighted by atomic mass is 10.1. The molecule has 4 rings (SSSR count). The van der Waals surface area contributed by atoms with Gasteiger partial charge in [0.2, 0.25) is 0 Å². The molecule has 3 aromatic carbocycles. The number of thiophene rings is 1. The highest BCUT2D eigenvalue weighted by Gasteiger charge is 2.13. The Morgan fingerprint density at radius 2 is 1.64 bits per heavy atom. The molecule has 25 heavy (non-hydrogen) atoms. The quantitative estimate of drug-likeness (QED) is 0.443. The van der Waals surface area contributed by atoms with E-state index in [-0.39, 0.29) is 5.91 Å². The molecule has 0 radical (unpaired) electrons. The first kappa shape index (κ1) is 15.9. The first-order valence-electron chi connectivity index (χ1n) is 7.85. The number of nitrogens with one attached hydrogen (secondary N) is 1. The van der Waals surface area contributed by atoms with Crippen molar-refractivity contribution in [1.82, 2.24) is 0 Å². The molecule has 0 aliphatic carbocycles. The Balaban J connectivity index is 1.75. The maximum Gasteiger partial charge on any atom is 0.255 e. The molecule has 4 aromatic rings. The molecule has 0 spiro atoms. The van der Waals surface area contributed by atoms with Gasteiger partial charge in [-0.1, -0.05) is 48.0 Å². The highest BCUT2D eigenvalue weighted by atomic mass is 35.5. The first-order valence-corrected chi connectivity index (χ1v) is 9.05. The molecular formula is C21H14ClNOS. The summed E-state index contributed by atoms with van der Waals surface area (Å²) in [6.45, 7) is 0. The van der Waals surface area contributed by atoms with Crippen LogP contribution in [-0.2, 0) is 0 Å². The number of rotatable bonds is 3. The summed E-state index contributed by atoms with van der Waals surface area (Å²) in [5.41, 5.74) is 2.30. The van der Waals surface area contributed by atoms with E-state index in [0.29, 0.717) is 16.3 Å². The number of fused-ring (bicyclic) bond motifs is 1. The Morgan fingerprint density at radius 1 is 0.880 bits per heavy atom. The molecule has 0 aliphatic rings. The van der Waals surface area contributed by atoms with Crippen molar-refractivity contribution in [2.24, 2.45) is 0 Å². The van der Waals surface area contributed by atoms with Gasteiger partial charge in [-0.05, 0) is 47.9 Å². The maximum absolute atomic E-state index is 12.5. The van der Waals surface area contributed by atoms with Gasteiger partial charge in [-0.15, -0.1) is 11.3 Å². The molecule has 0 aliphatic heterocycles. The van der Waals surface area contributed by atoms with E-state index in [0.717, 1.165) is 10.4 Å². The second-order valence-electron chi connectivity index (χ2n) is 5.66. The van der Waals surface area contributed by atoms with Crippen LogP contribution in [0.3, 0.4) is 0 Å². The third-order valence-electron chi connectivity index (χ3n) is 3.96. The van der Waals surface area contributed by atoms with Gasteiger partial charge < -0.3 is 5.32 Å². The average Bonchev–Trinajstić information content (AvgIpc) is 3.06. The summed E-state index contributed by atoms with van der Waals surface area (Å²) in [5, 5.41) is 4.78. The lowest BCUT2D eigenvalue weighted by Gasteiger charge is -2.11. The van der Waals surface area contributed by atoms with Crippen molar-refractivity contribution in [2.45, 2.75) is 0 Å². The Kier molecular flexibility index (Phi) is 4.26. The van der Waals surface area contributed by atoms with E-state index in [1.807, 2.05) is 42.5 Å². The summed E-state index contributed by atoms with van der Waals surface area (Å²) in [4.78, 5) is 13.6. The van der Waals surface area contributed by atoms with Gasteiger partial charge in [-0.2, -0.15) is 0 Å². The predicted octanol–water partition coefficient (Wildman–Crippen LogP) is 6.47. The average molecular weight is 364 g/mol. The van der Waals surface area contributed by atoms with Gasteiger partial charge in [0.05, 0.1) is 5.69 Å². The van der Waals surface area contributed by atoms with Crippen LogP contribution in [0, 0.1) is 0 Å². The molecular weight excluding hydrogens is 350 g/mol. The second-order valence-corrected chi connectivity index (χ2v) is 7.18. The van der Waals surface area contributed by atoms with Crippen LogP contribution < -0.4 is 5.32 Å². The van der Waals surface area contributed by atoms with E-state index >= 15 is 0 Å². The Morgan fingerprint density at radius 3 is 2.44 bits per heavy atom. The molecule has 0 saturated carbocycles. The number of halogens is 1. The summed E-state index contributed by atoms with van der Waals surface area (Å²) >= 11 is 7.86. The molecule has 0 unspecified atom stereocenters. The predicted molar refractivity (Wildman–Crippen MR) is 107 cm³/mol. The zero-order chi connectivity index (χ0) is 17.2. The molecule has 2 nitrogen and oxygen atoms in total. The van der Waals surface area contributed by atoms with Crippen molar-refractivity contribution in [3.63, 3.8) is 0 Å². The fraction of sp³-hybridized carbons (Fsp3) is 0. The number of benzene rings is 3. The standard InChI is InChI=1S/C21H14ClNOS/c22-16-10-11-17(20-12-15-8-4-5-9-19(15)25-20)18(13-16)23-21(24)14-6-2-1-3-7-14/h1-13H,(H,23,24). The maximum atomic E-state index is 12.5. The number of hydrogen-bond acceptors (Lipinski definition) is 2. The van der Waals surface area contributed by atoms with Crippen LogP contribution in [0.1, 0.15) is 10.4 Å². The van der Waals surface area contributed by atoms with Gasteiger partial charge in [0.15, 0.2) is 0 Å². The van der Waals surface area contributed by atoms with Crippen molar-refractivity contribution in [1.29, 1.82) is 0 Å². The van der Waals surface area contributed by atoms with Crippen LogP contribution in [0.15, 0.2) is 78.9 Å².